The van der Waals surface area contributed by atoms with Gasteiger partial charge in [-0.25, -0.2) is 9.59 Å². The number of hydrogen-bond acceptors (Lipinski definition) is 7. The largest absolute Gasteiger partial charge is 0.490 e. The van der Waals surface area contributed by atoms with Crippen LogP contribution < -0.4 is 33.0 Å². The summed E-state index contributed by atoms with van der Waals surface area (Å²) in [6.07, 6.45) is -3.99. The van der Waals surface area contributed by atoms with Crippen LogP contribution in [0.3, 0.4) is 0 Å². The Kier molecular flexibility index (Phi) is 13.5. The number of aryl methyl sites for hydroxylation is 1. The summed E-state index contributed by atoms with van der Waals surface area (Å²) < 4.78 is 37.0. The molecule has 16 heteroatoms. The van der Waals surface area contributed by atoms with Gasteiger partial charge in [-0.3, -0.25) is 19.4 Å². The zero-order valence-corrected chi connectivity index (χ0v) is 23.5. The quantitative estimate of drug-likeness (QED) is 0.0956. The topological polar surface area (TPSA) is 219 Å². The summed E-state index contributed by atoms with van der Waals surface area (Å²) in [5, 5.41) is 16.0. The molecule has 8 N–H and O–H groups in total. The number of alkyl halides is 3. The van der Waals surface area contributed by atoms with E-state index in [2.05, 4.69) is 20.9 Å². The summed E-state index contributed by atoms with van der Waals surface area (Å²) in [4.78, 5) is 62.2. The van der Waals surface area contributed by atoms with E-state index < -0.39 is 41.7 Å². The highest BCUT2D eigenvalue weighted by molar-refractivity contribution is 5.99. The third-order valence-corrected chi connectivity index (χ3v) is 5.44. The number of aliphatic imine (C=N–C) groups is 1. The van der Waals surface area contributed by atoms with Crippen molar-refractivity contribution in [1.82, 2.24) is 10.6 Å². The highest BCUT2D eigenvalue weighted by Gasteiger charge is 2.38. The van der Waals surface area contributed by atoms with Gasteiger partial charge in [0.2, 0.25) is 17.7 Å². The number of fused-ring (bicyclic) bond motifs is 1. The maximum absolute atomic E-state index is 13.1. The first kappa shape index (κ1) is 35.4. The van der Waals surface area contributed by atoms with Crippen molar-refractivity contribution in [2.75, 3.05) is 11.9 Å². The van der Waals surface area contributed by atoms with Crippen molar-refractivity contribution in [2.24, 2.45) is 22.4 Å². The Morgan fingerprint density at radius 2 is 1.67 bits per heavy atom. The van der Waals surface area contributed by atoms with Crippen molar-refractivity contribution >= 4 is 46.3 Å². The van der Waals surface area contributed by atoms with Crippen molar-refractivity contribution < 1.29 is 41.9 Å². The summed E-state index contributed by atoms with van der Waals surface area (Å²) >= 11 is 0. The lowest BCUT2D eigenvalue weighted by Gasteiger charge is -2.24. The van der Waals surface area contributed by atoms with Crippen molar-refractivity contribution in [2.45, 2.75) is 65.2 Å². The maximum Gasteiger partial charge on any atom is 0.490 e. The first-order chi connectivity index (χ1) is 19.4. The number of carbonyl (C=O) groups excluding carboxylic acids is 3. The Balaban J connectivity index is 0.00000112. The fraction of sp³-hybridized carbons (Fsp3) is 0.462. The summed E-state index contributed by atoms with van der Waals surface area (Å²) in [5.41, 5.74) is 11.7. The molecular weight excluding hydrogens is 565 g/mol. The van der Waals surface area contributed by atoms with Crippen LogP contribution in [0.25, 0.3) is 11.0 Å². The Morgan fingerprint density at radius 3 is 2.19 bits per heavy atom. The second-order valence-electron chi connectivity index (χ2n) is 9.64. The fourth-order valence-corrected chi connectivity index (χ4v) is 3.63. The molecule has 0 radical (unpaired) electrons. The molecule has 2 rings (SSSR count). The van der Waals surface area contributed by atoms with Gasteiger partial charge in [0.05, 0.1) is 0 Å². The second-order valence-corrected chi connectivity index (χ2v) is 9.64. The first-order valence-corrected chi connectivity index (χ1v) is 12.7. The van der Waals surface area contributed by atoms with Gasteiger partial charge in [0.25, 0.3) is 0 Å². The molecule has 3 amide bonds. The Bertz CT molecular complexity index is 1350. The highest BCUT2D eigenvalue weighted by atomic mass is 19.4. The molecule has 0 saturated carbocycles. The van der Waals surface area contributed by atoms with E-state index in [1.165, 1.54) is 13.0 Å². The molecule has 1 aromatic carbocycles. The Labute approximate surface area is 238 Å². The predicted molar refractivity (Wildman–Crippen MR) is 148 cm³/mol. The van der Waals surface area contributed by atoms with E-state index in [0.29, 0.717) is 24.1 Å². The number of carboxylic acid groups (broad SMARTS) is 1. The molecule has 42 heavy (non-hydrogen) atoms. The number of carboxylic acids is 1. The van der Waals surface area contributed by atoms with Crippen LogP contribution in [0, 0.1) is 12.8 Å². The number of guanidine groups is 1. The van der Waals surface area contributed by atoms with E-state index in [1.807, 2.05) is 13.8 Å². The minimum absolute atomic E-state index is 0.0642. The zero-order chi connectivity index (χ0) is 32.2. The van der Waals surface area contributed by atoms with E-state index in [0.717, 1.165) is 10.9 Å². The van der Waals surface area contributed by atoms with Gasteiger partial charge in [0.15, 0.2) is 5.96 Å². The number of halogens is 3. The number of nitrogens with one attached hydrogen (secondary N) is 3. The molecule has 0 bridgehead atoms. The zero-order valence-electron chi connectivity index (χ0n) is 23.5. The van der Waals surface area contributed by atoms with Crippen LogP contribution in [0.5, 0.6) is 0 Å². The fourth-order valence-electron chi connectivity index (χ4n) is 3.63. The number of anilines is 1. The molecule has 1 heterocycles. The van der Waals surface area contributed by atoms with E-state index in [-0.39, 0.29) is 30.8 Å². The minimum atomic E-state index is -5.08. The number of benzene rings is 1. The standard InChI is InChI=1S/C24H34N6O5.C2HF3O2/c1-13(2)10-19(28-15(4)31)23(34)30-18(6-5-9-27-24(25)26)22(33)29-16-7-8-17-14(3)11-21(32)35-20(17)12-16;3-2(4,5)1(6)7/h7-8,11-13,18-19H,5-6,9-10H2,1-4H3,(H,28,31)(H,29,33)(H,30,34)(H4,25,26,27);(H,6,7)/t18-,19-;/m0./s1. The summed E-state index contributed by atoms with van der Waals surface area (Å²) in [7, 11) is 0. The lowest BCUT2D eigenvalue weighted by Crippen LogP contribution is -2.52. The SMILES string of the molecule is CC(=O)N[C@@H](CC(C)C)C(=O)N[C@@H](CCCN=C(N)N)C(=O)Nc1ccc2c(C)cc(=O)oc2c1.O=C(O)C(F)(F)F. The van der Waals surface area contributed by atoms with Crippen LogP contribution in [0.4, 0.5) is 18.9 Å². The summed E-state index contributed by atoms with van der Waals surface area (Å²) in [6.45, 7) is 7.27. The first-order valence-electron chi connectivity index (χ1n) is 12.7. The van der Waals surface area contributed by atoms with Crippen molar-refractivity contribution in [3.05, 3.63) is 40.2 Å². The number of amides is 3. The van der Waals surface area contributed by atoms with Crippen LogP contribution in [0.1, 0.15) is 45.6 Å². The van der Waals surface area contributed by atoms with Gasteiger partial charge in [-0.2, -0.15) is 13.2 Å². The molecule has 1 aromatic heterocycles. The molecule has 2 aromatic rings. The van der Waals surface area contributed by atoms with Crippen molar-refractivity contribution in [3.8, 4) is 0 Å². The monoisotopic (exact) mass is 600 g/mol. The van der Waals surface area contributed by atoms with Gasteiger partial charge in [-0.15, -0.1) is 0 Å². The van der Waals surface area contributed by atoms with Crippen LogP contribution in [0.2, 0.25) is 0 Å². The molecule has 232 valence electrons. The number of rotatable bonds is 11. The van der Waals surface area contributed by atoms with Gasteiger partial charge in [-0.1, -0.05) is 13.8 Å². The molecule has 2 atom stereocenters. The van der Waals surface area contributed by atoms with E-state index in [4.69, 9.17) is 25.8 Å². The lowest BCUT2D eigenvalue weighted by molar-refractivity contribution is -0.192. The predicted octanol–water partition coefficient (Wildman–Crippen LogP) is 1.76. The molecule has 0 aliphatic heterocycles. The second kappa shape index (κ2) is 16.0. The number of hydrogen-bond donors (Lipinski definition) is 6. The smallest absolute Gasteiger partial charge is 0.475 e. The average Bonchev–Trinajstić information content (AvgIpc) is 2.84. The number of aliphatic carboxylic acids is 1. The molecule has 0 aliphatic rings. The third kappa shape index (κ3) is 12.7. The molecule has 13 nitrogen and oxygen atoms in total. The summed E-state index contributed by atoms with van der Waals surface area (Å²) in [5.74, 6) is -3.95. The van der Waals surface area contributed by atoms with Crippen molar-refractivity contribution in [1.29, 1.82) is 0 Å². The molecule has 0 fully saturated rings. The third-order valence-electron chi connectivity index (χ3n) is 5.44. The van der Waals surface area contributed by atoms with Crippen LogP contribution >= 0.6 is 0 Å². The van der Waals surface area contributed by atoms with Crippen LogP contribution in [-0.4, -0.2) is 59.6 Å². The number of nitrogens with two attached hydrogens (primary N) is 2. The molecular formula is C26H35F3N6O7. The van der Waals surface area contributed by atoms with Gasteiger partial charge >= 0.3 is 17.8 Å². The normalized spacial score (nSPS) is 12.4. The molecule has 0 aliphatic carbocycles. The maximum atomic E-state index is 13.1. The summed E-state index contributed by atoms with van der Waals surface area (Å²) in [6, 6.07) is 4.68. The van der Waals surface area contributed by atoms with Gasteiger partial charge < -0.3 is 36.9 Å². The number of carbonyl (C=O) groups is 4. The molecule has 0 saturated heterocycles. The lowest BCUT2D eigenvalue weighted by atomic mass is 10.0. The van der Waals surface area contributed by atoms with Gasteiger partial charge in [0.1, 0.15) is 17.7 Å². The molecule has 0 spiro atoms. The van der Waals surface area contributed by atoms with Gasteiger partial charge in [0, 0.05) is 36.7 Å². The van der Waals surface area contributed by atoms with Crippen LogP contribution in [-0.2, 0) is 19.2 Å². The van der Waals surface area contributed by atoms with Gasteiger partial charge in [-0.05, 0) is 49.8 Å². The van der Waals surface area contributed by atoms with E-state index in [9.17, 15) is 32.3 Å². The minimum Gasteiger partial charge on any atom is -0.475 e. The Hall–Kier alpha value is -4.63. The molecule has 0 unspecified atom stereocenters. The van der Waals surface area contributed by atoms with E-state index in [1.54, 1.807) is 25.1 Å². The number of nitrogens with zero attached hydrogens (tertiary/aromatic N) is 1. The average molecular weight is 601 g/mol. The highest BCUT2D eigenvalue weighted by Crippen LogP contribution is 2.21. The Morgan fingerprint density at radius 1 is 1.05 bits per heavy atom. The van der Waals surface area contributed by atoms with E-state index >= 15 is 0 Å². The van der Waals surface area contributed by atoms with Crippen molar-refractivity contribution in [3.63, 3.8) is 0 Å². The van der Waals surface area contributed by atoms with Crippen LogP contribution in [0.15, 0.2) is 38.5 Å².